The topological polar surface area (TPSA) is 91.4 Å². The average molecular weight is 650 g/mol. The molecule has 2 unspecified atom stereocenters. The number of carbonyl (C=O) groups excluding carboxylic acids is 1. The van der Waals surface area contributed by atoms with E-state index in [1.807, 2.05) is 0 Å². The monoisotopic (exact) mass is 649 g/mol. The zero-order valence-corrected chi connectivity index (χ0v) is 25.3. The zero-order chi connectivity index (χ0) is 32.1. The van der Waals surface area contributed by atoms with E-state index in [1.54, 1.807) is 18.2 Å². The predicted molar refractivity (Wildman–Crippen MR) is 155 cm³/mol. The third kappa shape index (κ3) is 6.32. The number of nitrogens with zero attached hydrogens (tertiary/aromatic N) is 1. The second-order valence-electron chi connectivity index (χ2n) is 11.5. The molecule has 0 amide bonds. The van der Waals surface area contributed by atoms with E-state index in [9.17, 15) is 26.4 Å². The van der Waals surface area contributed by atoms with E-state index in [-0.39, 0.29) is 66.1 Å². The van der Waals surface area contributed by atoms with E-state index < -0.39 is 33.7 Å². The SMILES string of the molecule is COC(=O)CC1COc2cc(O[C@@H]3CCc4c(-c5ccc(OC6CCN(S(C)(=O)=O)C6)cc5)c(C(F)(F)F)cc(F)c43)ccc21. The first-order valence-corrected chi connectivity index (χ1v) is 16.3. The lowest BCUT2D eigenvalue weighted by atomic mass is 9.91. The number of benzene rings is 3. The van der Waals surface area contributed by atoms with Gasteiger partial charge >= 0.3 is 12.1 Å². The maximum atomic E-state index is 15.4. The van der Waals surface area contributed by atoms with E-state index in [2.05, 4.69) is 0 Å². The maximum absolute atomic E-state index is 15.4. The van der Waals surface area contributed by atoms with Crippen molar-refractivity contribution in [1.29, 1.82) is 0 Å². The summed E-state index contributed by atoms with van der Waals surface area (Å²) in [6.07, 6.45) is -3.81. The number of rotatable bonds is 8. The zero-order valence-electron chi connectivity index (χ0n) is 24.5. The van der Waals surface area contributed by atoms with Gasteiger partial charge in [0.1, 0.15) is 35.3 Å². The first kappa shape index (κ1) is 31.2. The molecule has 3 aromatic rings. The van der Waals surface area contributed by atoms with Crippen molar-refractivity contribution in [3.05, 3.63) is 76.6 Å². The molecule has 0 bridgehead atoms. The van der Waals surface area contributed by atoms with Gasteiger partial charge in [-0.05, 0) is 60.2 Å². The normalized spacial score (nSPS) is 21.2. The van der Waals surface area contributed by atoms with E-state index in [1.165, 1.54) is 35.7 Å². The van der Waals surface area contributed by atoms with Crippen LogP contribution in [0.25, 0.3) is 11.1 Å². The number of hydrogen-bond donors (Lipinski definition) is 0. The van der Waals surface area contributed by atoms with Gasteiger partial charge < -0.3 is 18.9 Å². The van der Waals surface area contributed by atoms with Crippen molar-refractivity contribution in [2.45, 2.75) is 50.0 Å². The number of halogens is 4. The highest BCUT2D eigenvalue weighted by Gasteiger charge is 2.40. The number of hydrogen-bond acceptors (Lipinski definition) is 7. The predicted octanol–water partition coefficient (Wildman–Crippen LogP) is 6.03. The number of ether oxygens (including phenoxy) is 4. The molecule has 0 radical (unpaired) electrons. The molecule has 13 heteroatoms. The molecule has 6 rings (SSSR count). The number of alkyl halides is 3. The van der Waals surface area contributed by atoms with Crippen LogP contribution >= 0.6 is 0 Å². The fourth-order valence-corrected chi connectivity index (χ4v) is 7.23. The van der Waals surface area contributed by atoms with Gasteiger partial charge in [0.15, 0.2) is 0 Å². The first-order chi connectivity index (χ1) is 21.3. The quantitative estimate of drug-likeness (QED) is 0.218. The molecule has 0 aromatic heterocycles. The Morgan fingerprint density at radius 2 is 1.78 bits per heavy atom. The van der Waals surface area contributed by atoms with Crippen molar-refractivity contribution in [2.24, 2.45) is 0 Å². The first-order valence-electron chi connectivity index (χ1n) is 14.5. The molecule has 1 fully saturated rings. The van der Waals surface area contributed by atoms with Gasteiger partial charge in [-0.3, -0.25) is 4.79 Å². The van der Waals surface area contributed by atoms with Crippen LogP contribution in [0.4, 0.5) is 17.6 Å². The van der Waals surface area contributed by atoms with Crippen molar-refractivity contribution in [2.75, 3.05) is 33.1 Å². The molecule has 45 heavy (non-hydrogen) atoms. The minimum absolute atomic E-state index is 0.0788. The van der Waals surface area contributed by atoms with Crippen molar-refractivity contribution in [3.63, 3.8) is 0 Å². The lowest BCUT2D eigenvalue weighted by Gasteiger charge is -2.21. The van der Waals surface area contributed by atoms with Crippen LogP contribution < -0.4 is 14.2 Å². The Balaban J connectivity index is 1.26. The Labute approximate surface area is 257 Å². The van der Waals surface area contributed by atoms with Crippen LogP contribution in [0.3, 0.4) is 0 Å². The summed E-state index contributed by atoms with van der Waals surface area (Å²) in [5.41, 5.74) is 0.194. The van der Waals surface area contributed by atoms with Gasteiger partial charge in [-0.1, -0.05) is 18.2 Å². The molecule has 1 saturated heterocycles. The van der Waals surface area contributed by atoms with Crippen molar-refractivity contribution in [1.82, 2.24) is 4.31 Å². The van der Waals surface area contributed by atoms with E-state index in [0.717, 1.165) is 11.8 Å². The fraction of sp³-hybridized carbons (Fsp3) is 0.406. The number of carbonyl (C=O) groups is 1. The highest BCUT2D eigenvalue weighted by atomic mass is 32.2. The Morgan fingerprint density at radius 3 is 2.44 bits per heavy atom. The van der Waals surface area contributed by atoms with Gasteiger partial charge in [0.05, 0.1) is 38.5 Å². The largest absolute Gasteiger partial charge is 0.492 e. The minimum atomic E-state index is -4.81. The van der Waals surface area contributed by atoms with Crippen LogP contribution in [-0.2, 0) is 32.2 Å². The van der Waals surface area contributed by atoms with Crippen LogP contribution in [0.1, 0.15) is 53.5 Å². The van der Waals surface area contributed by atoms with E-state index in [4.69, 9.17) is 18.9 Å². The molecule has 3 aromatic carbocycles. The molecule has 0 N–H and O–H groups in total. The summed E-state index contributed by atoms with van der Waals surface area (Å²) >= 11 is 0. The molecule has 0 spiro atoms. The molecule has 3 atom stereocenters. The van der Waals surface area contributed by atoms with E-state index in [0.29, 0.717) is 42.9 Å². The Bertz CT molecular complexity index is 1730. The summed E-state index contributed by atoms with van der Waals surface area (Å²) in [4.78, 5) is 11.7. The summed E-state index contributed by atoms with van der Waals surface area (Å²) in [5, 5.41) is 0. The molecule has 8 nitrogen and oxygen atoms in total. The molecule has 0 saturated carbocycles. The van der Waals surface area contributed by atoms with Crippen molar-refractivity contribution >= 4 is 16.0 Å². The van der Waals surface area contributed by atoms with Crippen LogP contribution in [0.15, 0.2) is 48.5 Å². The Hall–Kier alpha value is -3.84. The summed E-state index contributed by atoms with van der Waals surface area (Å²) in [5.74, 6) is -0.241. The molecule has 3 aliphatic rings. The molecule has 240 valence electrons. The van der Waals surface area contributed by atoms with Gasteiger partial charge in [-0.25, -0.2) is 12.8 Å². The Morgan fingerprint density at radius 1 is 1.04 bits per heavy atom. The standard InChI is InChI=1S/C32H31F4NO7S/c1-41-29(38)13-19-17-42-28-14-21(7-8-23(19)28)44-27-10-9-24-30(25(32(34,35)36)15-26(33)31(24)27)18-3-5-20(6-4-18)43-22-11-12-37(16-22)45(2,39)40/h3-8,14-15,19,22,27H,9-13,16-17H2,1-2H3/t19?,22?,27-/m1/s1. The van der Waals surface area contributed by atoms with Gasteiger partial charge in [0.2, 0.25) is 10.0 Å². The maximum Gasteiger partial charge on any atom is 0.417 e. The highest BCUT2D eigenvalue weighted by Crippen LogP contribution is 2.48. The molecule has 2 heterocycles. The molecule has 1 aliphatic carbocycles. The number of fused-ring (bicyclic) bond motifs is 2. The molecular weight excluding hydrogens is 618 g/mol. The molecular formula is C32H31F4NO7S. The van der Waals surface area contributed by atoms with Crippen LogP contribution in [0.2, 0.25) is 0 Å². The third-order valence-corrected chi connectivity index (χ3v) is 9.78. The smallest absolute Gasteiger partial charge is 0.417 e. The van der Waals surface area contributed by atoms with Crippen LogP contribution in [-0.4, -0.2) is 57.9 Å². The van der Waals surface area contributed by atoms with Crippen LogP contribution in [0.5, 0.6) is 17.2 Å². The number of esters is 1. The van der Waals surface area contributed by atoms with Gasteiger partial charge in [0.25, 0.3) is 0 Å². The number of sulfonamides is 1. The van der Waals surface area contributed by atoms with Crippen LogP contribution in [0, 0.1) is 5.82 Å². The lowest BCUT2D eigenvalue weighted by Crippen LogP contribution is -2.29. The number of methoxy groups -OCH3 is 1. The van der Waals surface area contributed by atoms with Gasteiger partial charge in [-0.2, -0.15) is 17.5 Å². The summed E-state index contributed by atoms with van der Waals surface area (Å²) in [6, 6.07) is 11.7. The molecule has 2 aliphatic heterocycles. The Kier molecular flexibility index (Phi) is 8.19. The highest BCUT2D eigenvalue weighted by molar-refractivity contribution is 7.88. The minimum Gasteiger partial charge on any atom is -0.492 e. The van der Waals surface area contributed by atoms with Crippen molar-refractivity contribution in [3.8, 4) is 28.4 Å². The van der Waals surface area contributed by atoms with E-state index >= 15 is 4.39 Å². The fourth-order valence-electron chi connectivity index (χ4n) is 6.35. The lowest BCUT2D eigenvalue weighted by molar-refractivity contribution is -0.141. The third-order valence-electron chi connectivity index (χ3n) is 8.51. The summed E-state index contributed by atoms with van der Waals surface area (Å²) in [6.45, 7) is 0.813. The van der Waals surface area contributed by atoms with Gasteiger partial charge in [0, 0.05) is 29.7 Å². The van der Waals surface area contributed by atoms with Crippen molar-refractivity contribution < 1.29 is 49.7 Å². The second kappa shape index (κ2) is 11.8. The average Bonchev–Trinajstić information content (AvgIpc) is 3.72. The second-order valence-corrected chi connectivity index (χ2v) is 13.5. The van der Waals surface area contributed by atoms with Gasteiger partial charge in [-0.15, -0.1) is 0 Å². The summed E-state index contributed by atoms with van der Waals surface area (Å²) in [7, 11) is -2.03. The summed E-state index contributed by atoms with van der Waals surface area (Å²) < 4.78 is 106.